The van der Waals surface area contributed by atoms with E-state index in [2.05, 4.69) is 0 Å². The van der Waals surface area contributed by atoms with Crippen molar-refractivity contribution in [3.8, 4) is 5.75 Å². The number of hydrogen-bond donors (Lipinski definition) is 1. The van der Waals surface area contributed by atoms with Crippen molar-refractivity contribution in [3.63, 3.8) is 0 Å². The zero-order chi connectivity index (χ0) is 25.0. The number of aromatic hydroxyl groups is 1. The smallest absolute Gasteiger partial charge is 0.419 e. The number of pyridine rings is 1. The monoisotopic (exact) mass is 482 g/mol. The first-order valence-electron chi connectivity index (χ1n) is 10.5. The number of aromatic nitrogens is 1. The van der Waals surface area contributed by atoms with Gasteiger partial charge in [-0.15, -0.1) is 0 Å². The maximum absolute atomic E-state index is 14.3. The number of carbonyl (C=O) groups excluding carboxylic acids is 2. The van der Waals surface area contributed by atoms with Crippen LogP contribution in [0.4, 0.5) is 17.6 Å². The molecule has 0 saturated heterocycles. The molecule has 1 aliphatic carbocycles. The van der Waals surface area contributed by atoms with Crippen molar-refractivity contribution >= 4 is 11.7 Å². The molecule has 34 heavy (non-hydrogen) atoms. The first-order chi connectivity index (χ1) is 15.9. The third-order valence-corrected chi connectivity index (χ3v) is 6.60. The minimum atomic E-state index is -4.88. The number of ketones is 1. The number of aryl methyl sites for hydroxylation is 1. The number of nitrogens with zero attached hydrogens (tertiary/aromatic N) is 2. The average Bonchev–Trinajstić information content (AvgIpc) is 3.44. The Bertz CT molecular complexity index is 1240. The van der Waals surface area contributed by atoms with Gasteiger partial charge in [0, 0.05) is 39.2 Å². The molecule has 1 amide bonds. The molecule has 1 aromatic heterocycles. The van der Waals surface area contributed by atoms with Crippen molar-refractivity contribution < 1.29 is 37.0 Å². The van der Waals surface area contributed by atoms with Crippen LogP contribution >= 0.6 is 0 Å². The van der Waals surface area contributed by atoms with Gasteiger partial charge in [0.25, 0.3) is 5.91 Å². The van der Waals surface area contributed by atoms with E-state index in [-0.39, 0.29) is 30.1 Å². The summed E-state index contributed by atoms with van der Waals surface area (Å²) in [4.78, 5) is 39.7. The van der Waals surface area contributed by atoms with Crippen LogP contribution < -0.4 is 5.43 Å². The number of ether oxygens (including phenoxy) is 1. The second-order valence-corrected chi connectivity index (χ2v) is 8.76. The third-order valence-electron chi connectivity index (χ3n) is 6.60. The Morgan fingerprint density at radius 1 is 1.29 bits per heavy atom. The Kier molecular flexibility index (Phi) is 5.79. The maximum atomic E-state index is 14.3. The van der Waals surface area contributed by atoms with E-state index in [0.717, 1.165) is 12.1 Å². The highest BCUT2D eigenvalue weighted by molar-refractivity contribution is 6.00. The van der Waals surface area contributed by atoms with Gasteiger partial charge in [-0.1, -0.05) is 12.1 Å². The summed E-state index contributed by atoms with van der Waals surface area (Å²) in [5, 5.41) is 10.5. The Balaban J connectivity index is 1.67. The van der Waals surface area contributed by atoms with Gasteiger partial charge in [0.15, 0.2) is 17.2 Å². The molecular weight excluding hydrogens is 460 g/mol. The van der Waals surface area contributed by atoms with Gasteiger partial charge in [0.1, 0.15) is 5.82 Å². The van der Waals surface area contributed by atoms with Gasteiger partial charge in [0.2, 0.25) is 5.43 Å². The number of fused-ring (bicyclic) bond motifs is 2. The van der Waals surface area contributed by atoms with Gasteiger partial charge < -0.3 is 19.3 Å². The maximum Gasteiger partial charge on any atom is 0.419 e. The summed E-state index contributed by atoms with van der Waals surface area (Å²) in [5.41, 5.74) is -4.09. The first kappa shape index (κ1) is 23.9. The minimum Gasteiger partial charge on any atom is -0.503 e. The van der Waals surface area contributed by atoms with Crippen LogP contribution in [0.5, 0.6) is 5.75 Å². The number of rotatable bonds is 6. The summed E-state index contributed by atoms with van der Waals surface area (Å²) in [6.45, 7) is 0.657. The van der Waals surface area contributed by atoms with Crippen LogP contribution in [0, 0.1) is 11.7 Å². The van der Waals surface area contributed by atoms with Crippen LogP contribution in [0.1, 0.15) is 44.8 Å². The van der Waals surface area contributed by atoms with Crippen LogP contribution in [0.2, 0.25) is 0 Å². The molecule has 11 heteroatoms. The molecule has 1 aliphatic heterocycles. The summed E-state index contributed by atoms with van der Waals surface area (Å²) in [5.74, 6) is -3.71. The summed E-state index contributed by atoms with van der Waals surface area (Å²) in [6.07, 6.45) is -3.91. The van der Waals surface area contributed by atoms with Crippen molar-refractivity contribution in [2.75, 3.05) is 27.3 Å². The van der Waals surface area contributed by atoms with Crippen molar-refractivity contribution in [3.05, 3.63) is 62.8 Å². The molecule has 2 atom stereocenters. The second kappa shape index (κ2) is 8.23. The van der Waals surface area contributed by atoms with Gasteiger partial charge in [-0.05, 0) is 24.5 Å². The zero-order valence-electron chi connectivity index (χ0n) is 18.4. The Labute approximate surface area is 191 Å². The number of methoxy groups -OCH3 is 1. The van der Waals surface area contributed by atoms with Crippen LogP contribution in [0.25, 0.3) is 0 Å². The molecule has 4 rings (SSSR count). The molecule has 2 aromatic rings. The molecule has 0 radical (unpaired) electrons. The molecule has 2 aliphatic rings. The normalized spacial score (nSPS) is 21.6. The van der Waals surface area contributed by atoms with Gasteiger partial charge in [-0.25, -0.2) is 4.39 Å². The molecule has 0 bridgehead atoms. The lowest BCUT2D eigenvalue weighted by Crippen LogP contribution is -2.48. The molecule has 1 aromatic carbocycles. The average molecular weight is 482 g/mol. The first-order valence-corrected chi connectivity index (χ1v) is 10.5. The molecule has 1 saturated carbocycles. The number of benzene rings is 1. The van der Waals surface area contributed by atoms with Crippen LogP contribution in [-0.4, -0.2) is 53.6 Å². The lowest BCUT2D eigenvalue weighted by Gasteiger charge is -2.35. The Hall–Kier alpha value is -3.21. The number of alkyl halides is 3. The Morgan fingerprint density at radius 2 is 2.00 bits per heavy atom. The summed E-state index contributed by atoms with van der Waals surface area (Å²) < 4.78 is 59.8. The molecule has 182 valence electrons. The van der Waals surface area contributed by atoms with Crippen LogP contribution in [-0.2, 0) is 22.9 Å². The molecular formula is C23H22F4N2O5. The highest BCUT2D eigenvalue weighted by Crippen LogP contribution is 2.53. The van der Waals surface area contributed by atoms with E-state index in [4.69, 9.17) is 4.74 Å². The fraction of sp³-hybridized carbons (Fsp3) is 0.435. The van der Waals surface area contributed by atoms with E-state index in [9.17, 15) is 37.1 Å². The fourth-order valence-electron chi connectivity index (χ4n) is 4.74. The second-order valence-electron chi connectivity index (χ2n) is 8.76. The molecule has 1 N–H and O–H groups in total. The van der Waals surface area contributed by atoms with Crippen molar-refractivity contribution in [2.24, 2.45) is 5.92 Å². The summed E-state index contributed by atoms with van der Waals surface area (Å²) in [7, 11) is 3.07. The minimum absolute atomic E-state index is 0.0177. The largest absolute Gasteiger partial charge is 0.503 e. The third kappa shape index (κ3) is 3.77. The SMILES string of the molecule is COC[C@H]1C[C@@]12CN(C)C(=O)c1c(O)c(=O)c(C(=O)CCc3cccc(C(F)(F)F)c3F)cn12. The van der Waals surface area contributed by atoms with Crippen molar-refractivity contribution in [1.82, 2.24) is 9.47 Å². The van der Waals surface area contributed by atoms with E-state index >= 15 is 0 Å². The van der Waals surface area contributed by atoms with Crippen LogP contribution in [0.15, 0.2) is 29.2 Å². The highest BCUT2D eigenvalue weighted by atomic mass is 19.4. The van der Waals surface area contributed by atoms with Gasteiger partial charge in [-0.3, -0.25) is 14.4 Å². The van der Waals surface area contributed by atoms with Crippen molar-refractivity contribution in [2.45, 2.75) is 31.0 Å². The van der Waals surface area contributed by atoms with E-state index in [1.54, 1.807) is 7.05 Å². The van der Waals surface area contributed by atoms with Crippen LogP contribution in [0.3, 0.4) is 0 Å². The zero-order valence-corrected chi connectivity index (χ0v) is 18.4. The standard InChI is InChI=1S/C23H22F4N2O5/c1-28-11-22(8-13(22)10-34-2)29-9-14(19(31)20(32)18(29)21(28)33)16(30)7-6-12-4-3-5-15(17(12)24)23(25,26)27/h3-5,9,13,32H,6-8,10-11H2,1-2H3/t13-,22-/m1/s1. The van der Waals surface area contributed by atoms with Gasteiger partial charge in [-0.2, -0.15) is 13.2 Å². The molecule has 0 unspecified atom stereocenters. The highest BCUT2D eigenvalue weighted by Gasteiger charge is 2.60. The molecule has 2 heterocycles. The topological polar surface area (TPSA) is 88.8 Å². The van der Waals surface area contributed by atoms with Crippen molar-refractivity contribution in [1.29, 1.82) is 0 Å². The van der Waals surface area contributed by atoms with Gasteiger partial charge in [0.05, 0.1) is 23.3 Å². The summed E-state index contributed by atoms with van der Waals surface area (Å²) in [6, 6.07) is 2.78. The predicted octanol–water partition coefficient (Wildman–Crippen LogP) is 2.97. The Morgan fingerprint density at radius 3 is 2.65 bits per heavy atom. The van der Waals surface area contributed by atoms with E-state index in [1.807, 2.05) is 0 Å². The predicted molar refractivity (Wildman–Crippen MR) is 111 cm³/mol. The molecule has 7 nitrogen and oxygen atoms in total. The number of halogens is 4. The number of carbonyl (C=O) groups is 2. The lowest BCUT2D eigenvalue weighted by atomic mass is 9.99. The lowest BCUT2D eigenvalue weighted by molar-refractivity contribution is -0.140. The molecule has 1 spiro atoms. The van der Waals surface area contributed by atoms with Gasteiger partial charge >= 0.3 is 6.18 Å². The van der Waals surface area contributed by atoms with E-state index < -0.39 is 57.9 Å². The van der Waals surface area contributed by atoms with E-state index in [1.165, 1.54) is 22.8 Å². The fourth-order valence-corrected chi connectivity index (χ4v) is 4.74. The quantitative estimate of drug-likeness (QED) is 0.505. The number of Topliss-reactive ketones (excluding diaryl/α,β-unsaturated/α-hetero) is 1. The number of hydrogen-bond acceptors (Lipinski definition) is 5. The van der Waals surface area contributed by atoms with E-state index in [0.29, 0.717) is 19.1 Å². The number of likely N-dealkylation sites (N-methyl/N-ethyl adjacent to an activating group) is 1. The molecule has 1 fully saturated rings. The number of amides is 1. The summed E-state index contributed by atoms with van der Waals surface area (Å²) >= 11 is 0.